The number of aliphatic imine (C=N–C) groups is 1. The van der Waals surface area contributed by atoms with Gasteiger partial charge in [0.05, 0.1) is 0 Å². The molecular formula is C4H3IN2O. The highest BCUT2D eigenvalue weighted by atomic mass is 127. The minimum Gasteiger partial charge on any atom is -0.348 e. The van der Waals surface area contributed by atoms with Crippen LogP contribution >= 0.6 is 22.6 Å². The van der Waals surface area contributed by atoms with Crippen LogP contribution in [-0.4, -0.2) is 11.9 Å². The van der Waals surface area contributed by atoms with Gasteiger partial charge in [-0.1, -0.05) is 5.16 Å². The second kappa shape index (κ2) is 2.25. The molecule has 0 bridgehead atoms. The first-order valence-corrected chi connectivity index (χ1v) is 3.00. The molecule has 0 spiro atoms. The molecule has 0 aliphatic heterocycles. The van der Waals surface area contributed by atoms with Crippen molar-refractivity contribution < 1.29 is 4.52 Å². The van der Waals surface area contributed by atoms with Crippen molar-refractivity contribution in [3.05, 3.63) is 9.83 Å². The molecule has 0 aliphatic carbocycles. The molecule has 0 saturated carbocycles. The first-order valence-electron chi connectivity index (χ1n) is 1.92. The number of rotatable bonds is 1. The number of nitrogens with zero attached hydrogens (tertiary/aromatic N) is 2. The summed E-state index contributed by atoms with van der Waals surface area (Å²) in [4.78, 5) is 3.53. The van der Waals surface area contributed by atoms with E-state index in [9.17, 15) is 0 Å². The molecule has 0 amide bonds. The molecule has 42 valence electrons. The first kappa shape index (κ1) is 5.74. The molecule has 0 aliphatic rings. The highest BCUT2D eigenvalue weighted by molar-refractivity contribution is 14.1. The molecule has 3 nitrogen and oxygen atoms in total. The Labute approximate surface area is 59.9 Å². The molecular weight excluding hydrogens is 219 g/mol. The lowest BCUT2D eigenvalue weighted by Gasteiger charge is -1.68. The number of aromatic nitrogens is 1. The fraction of sp³-hybridized carbons (Fsp3) is 0. The molecule has 1 heterocycles. The van der Waals surface area contributed by atoms with E-state index >= 15 is 0 Å². The summed E-state index contributed by atoms with van der Waals surface area (Å²) < 4.78 is 5.39. The van der Waals surface area contributed by atoms with Crippen LogP contribution in [0, 0.1) is 3.77 Å². The Morgan fingerprint density at radius 1 is 1.88 bits per heavy atom. The van der Waals surface area contributed by atoms with Crippen LogP contribution in [0.5, 0.6) is 0 Å². The van der Waals surface area contributed by atoms with Crippen LogP contribution in [0.4, 0.5) is 5.82 Å². The van der Waals surface area contributed by atoms with Gasteiger partial charge in [-0.05, 0) is 6.72 Å². The van der Waals surface area contributed by atoms with Crippen molar-refractivity contribution in [2.45, 2.75) is 0 Å². The van der Waals surface area contributed by atoms with Crippen LogP contribution in [-0.2, 0) is 0 Å². The predicted octanol–water partition coefficient (Wildman–Crippen LogP) is 1.61. The standard InChI is InChI=1S/C4H3IN2O/c1-6-4-2-3(5)8-7-4/h2H,1H2. The van der Waals surface area contributed by atoms with Gasteiger partial charge < -0.3 is 4.52 Å². The zero-order chi connectivity index (χ0) is 5.98. The molecule has 0 aromatic carbocycles. The summed E-state index contributed by atoms with van der Waals surface area (Å²) in [5.74, 6) is 0.536. The van der Waals surface area contributed by atoms with E-state index in [-0.39, 0.29) is 0 Å². The topological polar surface area (TPSA) is 38.4 Å². The third-order valence-electron chi connectivity index (χ3n) is 0.631. The SMILES string of the molecule is C=Nc1cc(I)on1. The van der Waals surface area contributed by atoms with E-state index in [1.165, 1.54) is 0 Å². The van der Waals surface area contributed by atoms with E-state index in [0.717, 1.165) is 3.77 Å². The lowest BCUT2D eigenvalue weighted by Crippen LogP contribution is -1.53. The quantitative estimate of drug-likeness (QED) is 0.534. The van der Waals surface area contributed by atoms with Gasteiger partial charge in [0.25, 0.3) is 0 Å². The average molecular weight is 222 g/mol. The first-order chi connectivity index (χ1) is 3.83. The van der Waals surface area contributed by atoms with E-state index in [1.54, 1.807) is 6.07 Å². The molecule has 0 unspecified atom stereocenters. The summed E-state index contributed by atoms with van der Waals surface area (Å²) in [5.41, 5.74) is 0. The van der Waals surface area contributed by atoms with Crippen molar-refractivity contribution in [2.24, 2.45) is 4.99 Å². The van der Waals surface area contributed by atoms with Crippen LogP contribution in [0.2, 0.25) is 0 Å². The molecule has 1 rings (SSSR count). The highest BCUT2D eigenvalue weighted by Crippen LogP contribution is 2.11. The van der Waals surface area contributed by atoms with Crippen molar-refractivity contribution in [1.82, 2.24) is 5.16 Å². The minimum atomic E-state index is 0.536. The fourth-order valence-electron chi connectivity index (χ4n) is 0.319. The molecule has 0 radical (unpaired) electrons. The second-order valence-electron chi connectivity index (χ2n) is 1.15. The predicted molar refractivity (Wildman–Crippen MR) is 38.4 cm³/mol. The fourth-order valence-corrected chi connectivity index (χ4v) is 0.696. The zero-order valence-electron chi connectivity index (χ0n) is 3.97. The van der Waals surface area contributed by atoms with E-state index in [0.29, 0.717) is 5.82 Å². The Kier molecular flexibility index (Phi) is 1.62. The summed E-state index contributed by atoms with van der Waals surface area (Å²) in [6.45, 7) is 3.27. The third-order valence-corrected chi connectivity index (χ3v) is 1.14. The van der Waals surface area contributed by atoms with Crippen molar-refractivity contribution >= 4 is 35.1 Å². The van der Waals surface area contributed by atoms with Gasteiger partial charge in [0.1, 0.15) is 0 Å². The van der Waals surface area contributed by atoms with Crippen LogP contribution < -0.4 is 0 Å². The monoisotopic (exact) mass is 222 g/mol. The number of halogens is 1. The molecule has 1 aromatic rings. The van der Waals surface area contributed by atoms with Gasteiger partial charge in [-0.2, -0.15) is 0 Å². The molecule has 4 heteroatoms. The van der Waals surface area contributed by atoms with Crippen LogP contribution in [0.25, 0.3) is 0 Å². The van der Waals surface area contributed by atoms with E-state index in [4.69, 9.17) is 0 Å². The Balaban J connectivity index is 3.00. The maximum Gasteiger partial charge on any atom is 0.198 e. The number of hydrogen-bond donors (Lipinski definition) is 0. The second-order valence-corrected chi connectivity index (χ2v) is 2.21. The van der Waals surface area contributed by atoms with Gasteiger partial charge in [0.2, 0.25) is 0 Å². The van der Waals surface area contributed by atoms with Crippen molar-refractivity contribution in [2.75, 3.05) is 0 Å². The smallest absolute Gasteiger partial charge is 0.198 e. The molecule has 0 saturated heterocycles. The minimum absolute atomic E-state index is 0.536. The van der Waals surface area contributed by atoms with Gasteiger partial charge >= 0.3 is 0 Å². The summed E-state index contributed by atoms with van der Waals surface area (Å²) in [5, 5.41) is 3.52. The molecule has 1 aromatic heterocycles. The third kappa shape index (κ3) is 1.06. The summed E-state index contributed by atoms with van der Waals surface area (Å²) in [7, 11) is 0. The summed E-state index contributed by atoms with van der Waals surface area (Å²) in [6.07, 6.45) is 0. The Bertz CT molecular complexity index is 196. The van der Waals surface area contributed by atoms with Gasteiger partial charge in [0, 0.05) is 28.7 Å². The van der Waals surface area contributed by atoms with Crippen LogP contribution in [0.3, 0.4) is 0 Å². The van der Waals surface area contributed by atoms with Gasteiger partial charge in [0.15, 0.2) is 9.58 Å². The van der Waals surface area contributed by atoms with Crippen LogP contribution in [0.15, 0.2) is 15.6 Å². The lowest BCUT2D eigenvalue weighted by molar-refractivity contribution is 0.400. The van der Waals surface area contributed by atoms with Crippen LogP contribution in [0.1, 0.15) is 0 Å². The van der Waals surface area contributed by atoms with Crippen molar-refractivity contribution in [3.63, 3.8) is 0 Å². The molecule has 8 heavy (non-hydrogen) atoms. The number of hydrogen-bond acceptors (Lipinski definition) is 3. The van der Waals surface area contributed by atoms with Gasteiger partial charge in [-0.15, -0.1) is 0 Å². The molecule has 0 fully saturated rings. The Morgan fingerprint density at radius 2 is 2.62 bits per heavy atom. The average Bonchev–Trinajstić information content (AvgIpc) is 2.14. The Morgan fingerprint density at radius 3 is 2.88 bits per heavy atom. The van der Waals surface area contributed by atoms with E-state index < -0.39 is 0 Å². The molecule has 0 atom stereocenters. The summed E-state index contributed by atoms with van der Waals surface area (Å²) >= 11 is 2.01. The lowest BCUT2D eigenvalue weighted by atomic mass is 10.7. The summed E-state index contributed by atoms with van der Waals surface area (Å²) in [6, 6.07) is 1.70. The van der Waals surface area contributed by atoms with Crippen molar-refractivity contribution in [3.8, 4) is 0 Å². The largest absolute Gasteiger partial charge is 0.348 e. The van der Waals surface area contributed by atoms with Crippen molar-refractivity contribution in [1.29, 1.82) is 0 Å². The Hall–Kier alpha value is -0.390. The van der Waals surface area contributed by atoms with Gasteiger partial charge in [-0.3, -0.25) is 0 Å². The highest BCUT2D eigenvalue weighted by Gasteiger charge is 1.93. The van der Waals surface area contributed by atoms with Gasteiger partial charge in [-0.25, -0.2) is 4.99 Å². The zero-order valence-corrected chi connectivity index (χ0v) is 6.12. The van der Waals surface area contributed by atoms with E-state index in [1.807, 2.05) is 22.6 Å². The molecule has 0 N–H and O–H groups in total. The normalized spacial score (nSPS) is 9.12. The maximum atomic E-state index is 4.66. The maximum absolute atomic E-state index is 4.66. The van der Waals surface area contributed by atoms with E-state index in [2.05, 4.69) is 21.4 Å².